The highest BCUT2D eigenvalue weighted by Gasteiger charge is 2.10. The maximum Gasteiger partial charge on any atom is 0.251 e. The highest BCUT2D eigenvalue weighted by Crippen LogP contribution is 2.08. The fourth-order valence-corrected chi connectivity index (χ4v) is 2.57. The molecular weight excluding hydrogens is 337 g/mol. The molecule has 3 N–H and O–H groups in total. The Bertz CT molecular complexity index is 618. The van der Waals surface area contributed by atoms with Gasteiger partial charge in [0.05, 0.1) is 13.2 Å². The van der Waals surface area contributed by atoms with Crippen molar-refractivity contribution in [2.75, 3.05) is 59.5 Å². The lowest BCUT2D eigenvalue weighted by Gasteiger charge is -2.26. The minimum Gasteiger partial charge on any atom is -0.379 e. The molecule has 1 aromatic rings. The van der Waals surface area contributed by atoms with Gasteiger partial charge in [-0.3, -0.25) is 14.7 Å². The Hall–Kier alpha value is -2.19. The van der Waals surface area contributed by atoms with Gasteiger partial charge in [-0.25, -0.2) is 4.39 Å². The van der Waals surface area contributed by atoms with E-state index in [-0.39, 0.29) is 11.7 Å². The van der Waals surface area contributed by atoms with E-state index in [9.17, 15) is 9.18 Å². The standard InChI is InChI=1S/C18H28FN5O2/c1-14-3-4-15(13-16(14)19)17(25)21-5-6-22-18(20-2)23-7-8-24-9-11-26-12-10-24/h3-4,13H,5-12H2,1-2H3,(H,21,25)(H2,20,22,23). The zero-order valence-electron chi connectivity index (χ0n) is 15.5. The van der Waals surface area contributed by atoms with E-state index in [1.165, 1.54) is 6.07 Å². The molecule has 1 fully saturated rings. The van der Waals surface area contributed by atoms with Crippen molar-refractivity contribution >= 4 is 11.9 Å². The van der Waals surface area contributed by atoms with Crippen LogP contribution < -0.4 is 16.0 Å². The van der Waals surface area contributed by atoms with Crippen molar-refractivity contribution in [1.29, 1.82) is 0 Å². The molecule has 8 heteroatoms. The van der Waals surface area contributed by atoms with E-state index >= 15 is 0 Å². The predicted molar refractivity (Wildman–Crippen MR) is 100 cm³/mol. The van der Waals surface area contributed by atoms with E-state index in [4.69, 9.17) is 4.74 Å². The molecule has 1 aliphatic heterocycles. The van der Waals surface area contributed by atoms with Crippen LogP contribution in [-0.4, -0.2) is 76.3 Å². The first-order valence-electron chi connectivity index (χ1n) is 8.89. The lowest BCUT2D eigenvalue weighted by atomic mass is 10.1. The van der Waals surface area contributed by atoms with Gasteiger partial charge in [-0.2, -0.15) is 0 Å². The summed E-state index contributed by atoms with van der Waals surface area (Å²) >= 11 is 0. The van der Waals surface area contributed by atoms with Crippen molar-refractivity contribution in [3.8, 4) is 0 Å². The third-order valence-corrected chi connectivity index (χ3v) is 4.18. The SMILES string of the molecule is CN=C(NCCNC(=O)c1ccc(C)c(F)c1)NCCN1CCOCC1. The average Bonchev–Trinajstić information content (AvgIpc) is 2.66. The molecule has 1 saturated heterocycles. The Morgan fingerprint density at radius 3 is 2.58 bits per heavy atom. The van der Waals surface area contributed by atoms with Gasteiger partial charge in [-0.15, -0.1) is 0 Å². The number of morpholine rings is 1. The normalized spacial score (nSPS) is 15.6. The lowest BCUT2D eigenvalue weighted by Crippen LogP contribution is -2.45. The number of hydrogen-bond donors (Lipinski definition) is 3. The number of amides is 1. The van der Waals surface area contributed by atoms with Crippen molar-refractivity contribution in [1.82, 2.24) is 20.9 Å². The summed E-state index contributed by atoms with van der Waals surface area (Å²) in [4.78, 5) is 18.5. The second-order valence-electron chi connectivity index (χ2n) is 6.10. The largest absolute Gasteiger partial charge is 0.379 e. The Morgan fingerprint density at radius 2 is 1.88 bits per heavy atom. The smallest absolute Gasteiger partial charge is 0.251 e. The fraction of sp³-hybridized carbons (Fsp3) is 0.556. The minimum absolute atomic E-state index is 0.291. The molecule has 0 bridgehead atoms. The minimum atomic E-state index is -0.374. The number of guanidine groups is 1. The molecule has 0 saturated carbocycles. The van der Waals surface area contributed by atoms with Crippen LogP contribution in [0, 0.1) is 12.7 Å². The van der Waals surface area contributed by atoms with Crippen molar-refractivity contribution in [3.05, 3.63) is 35.1 Å². The highest BCUT2D eigenvalue weighted by atomic mass is 19.1. The first-order chi connectivity index (χ1) is 12.6. The number of nitrogens with one attached hydrogen (secondary N) is 3. The van der Waals surface area contributed by atoms with E-state index in [1.807, 2.05) is 0 Å². The summed E-state index contributed by atoms with van der Waals surface area (Å²) in [6.45, 7) is 7.82. The molecule has 1 amide bonds. The third kappa shape index (κ3) is 6.61. The van der Waals surface area contributed by atoms with Gasteiger partial charge < -0.3 is 20.7 Å². The Morgan fingerprint density at radius 1 is 1.19 bits per heavy atom. The maximum absolute atomic E-state index is 13.5. The molecule has 0 aromatic heterocycles. The number of benzene rings is 1. The molecule has 2 rings (SSSR count). The van der Waals surface area contributed by atoms with E-state index in [2.05, 4.69) is 25.8 Å². The van der Waals surface area contributed by atoms with Gasteiger partial charge >= 0.3 is 0 Å². The molecule has 7 nitrogen and oxygen atoms in total. The molecule has 1 aliphatic rings. The fourth-order valence-electron chi connectivity index (χ4n) is 2.57. The number of rotatable bonds is 7. The molecule has 1 aromatic carbocycles. The van der Waals surface area contributed by atoms with Crippen LogP contribution in [0.1, 0.15) is 15.9 Å². The van der Waals surface area contributed by atoms with Crippen molar-refractivity contribution < 1.29 is 13.9 Å². The zero-order chi connectivity index (χ0) is 18.8. The number of halogens is 1. The molecule has 1 heterocycles. The van der Waals surface area contributed by atoms with Crippen LogP contribution in [0.15, 0.2) is 23.2 Å². The van der Waals surface area contributed by atoms with Gasteiger partial charge in [0.1, 0.15) is 5.82 Å². The molecule has 26 heavy (non-hydrogen) atoms. The van der Waals surface area contributed by atoms with Gasteiger partial charge in [0, 0.05) is 51.9 Å². The monoisotopic (exact) mass is 365 g/mol. The van der Waals surface area contributed by atoms with E-state index in [1.54, 1.807) is 26.1 Å². The van der Waals surface area contributed by atoms with E-state index < -0.39 is 0 Å². The first kappa shape index (κ1) is 20.1. The van der Waals surface area contributed by atoms with Gasteiger partial charge in [0.25, 0.3) is 5.91 Å². The lowest BCUT2D eigenvalue weighted by molar-refractivity contribution is 0.0389. The number of ether oxygens (including phenoxy) is 1. The number of aryl methyl sites for hydroxylation is 1. The molecule has 0 spiro atoms. The van der Waals surface area contributed by atoms with Crippen molar-refractivity contribution in [3.63, 3.8) is 0 Å². The summed E-state index contributed by atoms with van der Waals surface area (Å²) in [7, 11) is 1.71. The Kier molecular flexibility index (Phi) is 8.30. The van der Waals surface area contributed by atoms with Crippen molar-refractivity contribution in [2.45, 2.75) is 6.92 Å². The van der Waals surface area contributed by atoms with Crippen LogP contribution in [0.3, 0.4) is 0 Å². The van der Waals surface area contributed by atoms with Crippen LogP contribution in [0.2, 0.25) is 0 Å². The van der Waals surface area contributed by atoms with E-state index in [0.717, 1.165) is 39.4 Å². The number of carbonyl (C=O) groups excluding carboxylic acids is 1. The Balaban J connectivity index is 1.62. The van der Waals surface area contributed by atoms with Crippen LogP contribution in [0.4, 0.5) is 4.39 Å². The molecule has 144 valence electrons. The molecule has 0 atom stereocenters. The van der Waals surface area contributed by atoms with Gasteiger partial charge in [-0.1, -0.05) is 6.07 Å². The summed E-state index contributed by atoms with van der Waals surface area (Å²) in [6.07, 6.45) is 0. The van der Waals surface area contributed by atoms with Crippen LogP contribution in [0.25, 0.3) is 0 Å². The number of carbonyl (C=O) groups is 1. The number of nitrogens with zero attached hydrogens (tertiary/aromatic N) is 2. The zero-order valence-corrected chi connectivity index (χ0v) is 15.5. The van der Waals surface area contributed by atoms with Gasteiger partial charge in [-0.05, 0) is 24.6 Å². The van der Waals surface area contributed by atoms with Gasteiger partial charge in [0.2, 0.25) is 0 Å². The Labute approximate surface area is 154 Å². The van der Waals surface area contributed by atoms with E-state index in [0.29, 0.717) is 30.2 Å². The first-order valence-corrected chi connectivity index (χ1v) is 8.89. The third-order valence-electron chi connectivity index (χ3n) is 4.18. The number of hydrogen-bond acceptors (Lipinski definition) is 4. The molecule has 0 unspecified atom stereocenters. The summed E-state index contributed by atoms with van der Waals surface area (Å²) in [6, 6.07) is 4.47. The predicted octanol–water partition coefficient (Wildman–Crippen LogP) is 0.361. The summed E-state index contributed by atoms with van der Waals surface area (Å²) in [5, 5.41) is 9.15. The number of aliphatic imine (C=N–C) groups is 1. The summed E-state index contributed by atoms with van der Waals surface area (Å²) < 4.78 is 18.8. The summed E-state index contributed by atoms with van der Waals surface area (Å²) in [5.41, 5.74) is 0.844. The molecule has 0 aliphatic carbocycles. The van der Waals surface area contributed by atoms with Gasteiger partial charge in [0.15, 0.2) is 5.96 Å². The highest BCUT2D eigenvalue weighted by molar-refractivity contribution is 5.94. The van der Waals surface area contributed by atoms with Crippen LogP contribution >= 0.6 is 0 Å². The second-order valence-corrected chi connectivity index (χ2v) is 6.10. The average molecular weight is 365 g/mol. The van der Waals surface area contributed by atoms with Crippen LogP contribution in [-0.2, 0) is 4.74 Å². The van der Waals surface area contributed by atoms with Crippen LogP contribution in [0.5, 0.6) is 0 Å². The molecule has 0 radical (unpaired) electrons. The summed E-state index contributed by atoms with van der Waals surface area (Å²) in [5.74, 6) is 0.0236. The topological polar surface area (TPSA) is 78.0 Å². The molecular formula is C18H28FN5O2. The quantitative estimate of drug-likeness (QED) is 0.370. The second kappa shape index (κ2) is 10.7. The van der Waals surface area contributed by atoms with Crippen molar-refractivity contribution in [2.24, 2.45) is 4.99 Å². The maximum atomic E-state index is 13.5.